The maximum Gasteiger partial charge on any atom is 0.136 e. The second-order valence-electron chi connectivity index (χ2n) is 11.3. The fourth-order valence-corrected chi connectivity index (χ4v) is 6.83. The summed E-state index contributed by atoms with van der Waals surface area (Å²) < 4.78 is 6.18. The van der Waals surface area contributed by atoms with E-state index in [0.717, 1.165) is 27.5 Å². The molecule has 0 fully saturated rings. The van der Waals surface area contributed by atoms with Gasteiger partial charge in [0.2, 0.25) is 0 Å². The molecule has 0 amide bonds. The molecule has 43 heavy (non-hydrogen) atoms. The van der Waals surface area contributed by atoms with Gasteiger partial charge in [-0.15, -0.1) is 0 Å². The van der Waals surface area contributed by atoms with Gasteiger partial charge in [-0.2, -0.15) is 0 Å². The molecule has 0 N–H and O–H groups in total. The first-order chi connectivity index (χ1) is 21.3. The van der Waals surface area contributed by atoms with Gasteiger partial charge in [-0.25, -0.2) is 0 Å². The first-order valence-corrected chi connectivity index (χ1v) is 14.8. The van der Waals surface area contributed by atoms with Gasteiger partial charge in [-0.3, -0.25) is 0 Å². The Hall–Kier alpha value is -5.66. The number of furan rings is 1. The van der Waals surface area contributed by atoms with Crippen LogP contribution in [0.25, 0.3) is 87.6 Å². The minimum atomic E-state index is 0.920. The first kappa shape index (κ1) is 24.0. The smallest absolute Gasteiger partial charge is 0.136 e. The van der Waals surface area contributed by atoms with Gasteiger partial charge >= 0.3 is 0 Å². The van der Waals surface area contributed by atoms with Crippen molar-refractivity contribution in [3.05, 3.63) is 158 Å². The molecule has 0 unspecified atom stereocenters. The average Bonchev–Trinajstić information content (AvgIpc) is 3.45. The highest BCUT2D eigenvalue weighted by Gasteiger charge is 2.17. The number of rotatable bonds is 3. The molecule has 0 aliphatic rings. The summed E-state index contributed by atoms with van der Waals surface area (Å²) in [6.07, 6.45) is 0. The van der Waals surface area contributed by atoms with E-state index in [1.165, 1.54) is 60.1 Å². The van der Waals surface area contributed by atoms with Gasteiger partial charge in [0.1, 0.15) is 11.2 Å². The molecule has 1 heteroatoms. The van der Waals surface area contributed by atoms with Crippen molar-refractivity contribution in [1.29, 1.82) is 0 Å². The van der Waals surface area contributed by atoms with E-state index in [1.807, 2.05) is 12.1 Å². The molecule has 9 aromatic rings. The highest BCUT2D eigenvalue weighted by atomic mass is 16.3. The molecule has 0 aliphatic carbocycles. The molecule has 0 radical (unpaired) electrons. The van der Waals surface area contributed by atoms with Crippen LogP contribution in [-0.2, 0) is 0 Å². The minimum absolute atomic E-state index is 0.920. The first-order valence-electron chi connectivity index (χ1n) is 14.8. The SMILES string of the molecule is c1ccc2cc(-c3c4ccccc4c(-c4ccc(-c5ccc6c(c5)oc5ccccc56)cc4)c4ccccc34)ccc2c1. The highest BCUT2D eigenvalue weighted by Crippen LogP contribution is 2.44. The molecule has 1 nitrogen and oxygen atoms in total. The van der Waals surface area contributed by atoms with Crippen LogP contribution in [-0.4, -0.2) is 0 Å². The lowest BCUT2D eigenvalue weighted by molar-refractivity contribution is 0.669. The fourth-order valence-electron chi connectivity index (χ4n) is 6.83. The normalized spacial score (nSPS) is 11.7. The molecule has 8 aromatic carbocycles. The lowest BCUT2D eigenvalue weighted by Crippen LogP contribution is -1.91. The summed E-state index contributed by atoms with van der Waals surface area (Å²) in [6.45, 7) is 0. The second kappa shape index (κ2) is 9.44. The highest BCUT2D eigenvalue weighted by molar-refractivity contribution is 6.21. The van der Waals surface area contributed by atoms with Gasteiger partial charge in [0.15, 0.2) is 0 Å². The van der Waals surface area contributed by atoms with Gasteiger partial charge in [-0.1, -0.05) is 133 Å². The van der Waals surface area contributed by atoms with Crippen molar-refractivity contribution in [3.63, 3.8) is 0 Å². The van der Waals surface area contributed by atoms with E-state index in [9.17, 15) is 0 Å². The van der Waals surface area contributed by atoms with Gasteiger partial charge < -0.3 is 4.42 Å². The van der Waals surface area contributed by atoms with Crippen LogP contribution in [0.5, 0.6) is 0 Å². The number of para-hydroxylation sites is 1. The van der Waals surface area contributed by atoms with Crippen molar-refractivity contribution in [3.8, 4) is 33.4 Å². The molecule has 1 heterocycles. The Balaban J connectivity index is 1.22. The summed E-state index contributed by atoms with van der Waals surface area (Å²) in [7, 11) is 0. The van der Waals surface area contributed by atoms with Crippen LogP contribution >= 0.6 is 0 Å². The molecule has 1 aromatic heterocycles. The van der Waals surface area contributed by atoms with Gasteiger partial charge in [0, 0.05) is 10.8 Å². The predicted molar refractivity (Wildman–Crippen MR) is 183 cm³/mol. The molecule has 0 saturated carbocycles. The Morgan fingerprint density at radius 2 is 0.767 bits per heavy atom. The maximum absolute atomic E-state index is 6.18. The Morgan fingerprint density at radius 3 is 1.47 bits per heavy atom. The van der Waals surface area contributed by atoms with Crippen LogP contribution in [0.1, 0.15) is 0 Å². The van der Waals surface area contributed by atoms with E-state index in [2.05, 4.69) is 146 Å². The molecule has 9 rings (SSSR count). The van der Waals surface area contributed by atoms with Crippen molar-refractivity contribution in [2.24, 2.45) is 0 Å². The van der Waals surface area contributed by atoms with Crippen molar-refractivity contribution in [1.82, 2.24) is 0 Å². The standard InChI is InChI=1S/C42H26O/c1-2-10-30-25-32(22-19-27(30)9-1)42-37-14-5-3-12-35(37)41(36-13-4-6-15-38(36)42)29-20-17-28(18-21-29)31-23-24-34-33-11-7-8-16-39(33)43-40(34)26-31/h1-26H. The molecule has 0 aliphatic heterocycles. The van der Waals surface area contributed by atoms with Gasteiger partial charge in [-0.05, 0) is 90.0 Å². The van der Waals surface area contributed by atoms with E-state index < -0.39 is 0 Å². The summed E-state index contributed by atoms with van der Waals surface area (Å²) in [5.41, 5.74) is 9.19. The average molecular weight is 547 g/mol. The number of fused-ring (bicyclic) bond motifs is 6. The third-order valence-electron chi connectivity index (χ3n) is 8.86. The molecule has 0 bridgehead atoms. The van der Waals surface area contributed by atoms with E-state index >= 15 is 0 Å². The maximum atomic E-state index is 6.18. The van der Waals surface area contributed by atoms with Crippen LogP contribution in [0, 0.1) is 0 Å². The minimum Gasteiger partial charge on any atom is -0.456 e. The molecular weight excluding hydrogens is 520 g/mol. The van der Waals surface area contributed by atoms with Crippen molar-refractivity contribution >= 4 is 54.3 Å². The van der Waals surface area contributed by atoms with E-state index in [1.54, 1.807) is 0 Å². The van der Waals surface area contributed by atoms with E-state index in [-0.39, 0.29) is 0 Å². The summed E-state index contributed by atoms with van der Waals surface area (Å²) in [5, 5.41) is 9.90. The Morgan fingerprint density at radius 1 is 0.279 bits per heavy atom. The summed E-state index contributed by atoms with van der Waals surface area (Å²) in [5.74, 6) is 0. The molecular formula is C42H26O. The largest absolute Gasteiger partial charge is 0.456 e. The summed E-state index contributed by atoms with van der Waals surface area (Å²) in [4.78, 5) is 0. The zero-order chi connectivity index (χ0) is 28.3. The molecule has 0 spiro atoms. The monoisotopic (exact) mass is 546 g/mol. The van der Waals surface area contributed by atoms with Gasteiger partial charge in [0.05, 0.1) is 0 Å². The number of hydrogen-bond acceptors (Lipinski definition) is 1. The summed E-state index contributed by atoms with van der Waals surface area (Å²) >= 11 is 0. The lowest BCUT2D eigenvalue weighted by atomic mass is 9.85. The topological polar surface area (TPSA) is 13.1 Å². The van der Waals surface area contributed by atoms with Crippen LogP contribution < -0.4 is 0 Å². The summed E-state index contributed by atoms with van der Waals surface area (Å²) in [6, 6.07) is 56.9. The Bertz CT molecular complexity index is 2440. The predicted octanol–water partition coefficient (Wildman–Crippen LogP) is 12.0. The number of hydrogen-bond donors (Lipinski definition) is 0. The van der Waals surface area contributed by atoms with Crippen molar-refractivity contribution < 1.29 is 4.42 Å². The number of benzene rings is 8. The third-order valence-corrected chi connectivity index (χ3v) is 8.86. The van der Waals surface area contributed by atoms with Gasteiger partial charge in [0.25, 0.3) is 0 Å². The van der Waals surface area contributed by atoms with E-state index in [0.29, 0.717) is 0 Å². The Labute approximate surface area is 249 Å². The molecule has 0 saturated heterocycles. The fraction of sp³-hybridized carbons (Fsp3) is 0. The Kier molecular flexibility index (Phi) is 5.27. The van der Waals surface area contributed by atoms with E-state index in [4.69, 9.17) is 4.42 Å². The molecule has 0 atom stereocenters. The second-order valence-corrected chi connectivity index (χ2v) is 11.3. The van der Waals surface area contributed by atoms with Crippen LogP contribution in [0.4, 0.5) is 0 Å². The molecule has 200 valence electrons. The van der Waals surface area contributed by atoms with Crippen molar-refractivity contribution in [2.75, 3.05) is 0 Å². The van der Waals surface area contributed by atoms with Crippen LogP contribution in [0.3, 0.4) is 0 Å². The zero-order valence-corrected chi connectivity index (χ0v) is 23.4. The lowest BCUT2D eigenvalue weighted by Gasteiger charge is -2.18. The van der Waals surface area contributed by atoms with Crippen LogP contribution in [0.2, 0.25) is 0 Å². The van der Waals surface area contributed by atoms with Crippen LogP contribution in [0.15, 0.2) is 162 Å². The quantitative estimate of drug-likeness (QED) is 0.201. The zero-order valence-electron chi connectivity index (χ0n) is 23.4. The van der Waals surface area contributed by atoms with Crippen molar-refractivity contribution in [2.45, 2.75) is 0 Å². The third kappa shape index (κ3) is 3.79.